The number of anilines is 1. The molecule has 0 aliphatic heterocycles. The molecule has 2 N–H and O–H groups in total. The second kappa shape index (κ2) is 5.40. The van der Waals surface area contributed by atoms with Gasteiger partial charge in [-0.05, 0) is 23.6 Å². The van der Waals surface area contributed by atoms with E-state index < -0.39 is 5.82 Å². The molecule has 0 saturated heterocycles. The van der Waals surface area contributed by atoms with Crippen LogP contribution in [0.15, 0.2) is 35.8 Å². The summed E-state index contributed by atoms with van der Waals surface area (Å²) in [5.41, 5.74) is 0. The molecule has 2 rings (SSSR count). The fourth-order valence-corrected chi connectivity index (χ4v) is 1.84. The van der Waals surface area contributed by atoms with Gasteiger partial charge >= 0.3 is 6.03 Å². The summed E-state index contributed by atoms with van der Waals surface area (Å²) in [5.74, 6) is -0.121. The second-order valence-corrected chi connectivity index (χ2v) is 4.28. The van der Waals surface area contributed by atoms with Crippen LogP contribution in [0.3, 0.4) is 0 Å². The van der Waals surface area contributed by atoms with E-state index in [1.165, 1.54) is 12.1 Å². The molecule has 0 atom stereocenters. The van der Waals surface area contributed by atoms with Crippen LogP contribution in [0.4, 0.5) is 15.0 Å². The van der Waals surface area contributed by atoms with Crippen LogP contribution < -0.4 is 10.6 Å². The van der Waals surface area contributed by atoms with Crippen molar-refractivity contribution in [2.45, 2.75) is 6.54 Å². The van der Waals surface area contributed by atoms with Gasteiger partial charge < -0.3 is 5.32 Å². The predicted octanol–water partition coefficient (Wildman–Crippen LogP) is 2.60. The molecular weight excluding hydrogens is 241 g/mol. The highest BCUT2D eigenvalue weighted by molar-refractivity contribution is 7.09. The Bertz CT molecular complexity index is 484. The fraction of sp³-hybridized carbons (Fsp3) is 0.0909. The summed E-state index contributed by atoms with van der Waals surface area (Å²) < 4.78 is 12.6. The Balaban J connectivity index is 1.83. The van der Waals surface area contributed by atoms with Gasteiger partial charge in [-0.2, -0.15) is 0 Å². The normalized spacial score (nSPS) is 9.94. The van der Waals surface area contributed by atoms with Gasteiger partial charge in [-0.1, -0.05) is 6.07 Å². The van der Waals surface area contributed by atoms with E-state index in [0.29, 0.717) is 12.4 Å². The van der Waals surface area contributed by atoms with E-state index in [4.69, 9.17) is 0 Å². The number of thiophene rings is 1. The maximum Gasteiger partial charge on any atom is 0.320 e. The Morgan fingerprint density at radius 3 is 2.94 bits per heavy atom. The highest BCUT2D eigenvalue weighted by Crippen LogP contribution is 2.07. The van der Waals surface area contributed by atoms with Crippen molar-refractivity contribution in [3.05, 3.63) is 46.5 Å². The van der Waals surface area contributed by atoms with E-state index in [1.54, 1.807) is 11.3 Å². The average molecular weight is 251 g/mol. The molecule has 17 heavy (non-hydrogen) atoms. The highest BCUT2D eigenvalue weighted by Gasteiger charge is 2.02. The number of halogens is 1. The van der Waals surface area contributed by atoms with E-state index in [1.807, 2.05) is 17.5 Å². The van der Waals surface area contributed by atoms with E-state index in [9.17, 15) is 9.18 Å². The van der Waals surface area contributed by atoms with Crippen molar-refractivity contribution < 1.29 is 9.18 Å². The second-order valence-electron chi connectivity index (χ2n) is 3.25. The van der Waals surface area contributed by atoms with Gasteiger partial charge in [-0.25, -0.2) is 14.2 Å². The number of nitrogens with zero attached hydrogens (tertiary/aromatic N) is 1. The van der Waals surface area contributed by atoms with E-state index in [-0.39, 0.29) is 6.03 Å². The monoisotopic (exact) mass is 251 g/mol. The van der Waals surface area contributed by atoms with Crippen LogP contribution in [0.5, 0.6) is 0 Å². The van der Waals surface area contributed by atoms with Crippen molar-refractivity contribution in [2.75, 3.05) is 5.32 Å². The molecule has 0 spiro atoms. The number of carbonyl (C=O) groups excluding carboxylic acids is 1. The predicted molar refractivity (Wildman–Crippen MR) is 64.4 cm³/mol. The van der Waals surface area contributed by atoms with Gasteiger partial charge in [0.05, 0.1) is 12.7 Å². The van der Waals surface area contributed by atoms with Gasteiger partial charge in [-0.15, -0.1) is 11.3 Å². The van der Waals surface area contributed by atoms with Crippen LogP contribution in [0, 0.1) is 5.82 Å². The number of rotatable bonds is 3. The third-order valence-electron chi connectivity index (χ3n) is 1.97. The molecule has 0 aliphatic carbocycles. The zero-order valence-electron chi connectivity index (χ0n) is 8.81. The molecule has 0 unspecified atom stereocenters. The molecule has 2 amide bonds. The van der Waals surface area contributed by atoms with Crippen LogP contribution in [0.2, 0.25) is 0 Å². The van der Waals surface area contributed by atoms with Gasteiger partial charge in [0.2, 0.25) is 0 Å². The topological polar surface area (TPSA) is 54.0 Å². The lowest BCUT2D eigenvalue weighted by molar-refractivity contribution is 0.251. The summed E-state index contributed by atoms with van der Waals surface area (Å²) >= 11 is 1.57. The third-order valence-corrected chi connectivity index (χ3v) is 2.85. The van der Waals surface area contributed by atoms with Gasteiger partial charge in [0.25, 0.3) is 0 Å². The van der Waals surface area contributed by atoms with Crippen LogP contribution >= 0.6 is 11.3 Å². The number of hydrogen-bond acceptors (Lipinski definition) is 3. The first-order valence-corrected chi connectivity index (χ1v) is 5.81. The van der Waals surface area contributed by atoms with Crippen LogP contribution in [-0.4, -0.2) is 11.0 Å². The molecule has 0 radical (unpaired) electrons. The Labute approximate surface area is 102 Å². The minimum atomic E-state index is -0.436. The minimum absolute atomic E-state index is 0.315. The average Bonchev–Trinajstić information content (AvgIpc) is 2.83. The smallest absolute Gasteiger partial charge is 0.320 e. The molecule has 2 aromatic rings. The minimum Gasteiger partial charge on any atom is -0.333 e. The van der Waals surface area contributed by atoms with Gasteiger partial charge in [-0.3, -0.25) is 5.32 Å². The maximum atomic E-state index is 12.6. The first kappa shape index (κ1) is 11.5. The summed E-state index contributed by atoms with van der Waals surface area (Å²) in [5, 5.41) is 7.12. The third kappa shape index (κ3) is 3.53. The SMILES string of the molecule is O=C(NCc1cccs1)Nc1ccc(F)cn1. The molecule has 88 valence electrons. The van der Waals surface area contributed by atoms with Gasteiger partial charge in [0.1, 0.15) is 11.6 Å². The molecule has 0 bridgehead atoms. The fourth-order valence-electron chi connectivity index (χ4n) is 1.19. The quantitative estimate of drug-likeness (QED) is 0.881. The molecule has 0 aromatic carbocycles. The van der Waals surface area contributed by atoms with Crippen molar-refractivity contribution in [3.63, 3.8) is 0 Å². The van der Waals surface area contributed by atoms with Crippen LogP contribution in [0.25, 0.3) is 0 Å². The summed E-state index contributed by atoms with van der Waals surface area (Å²) in [4.78, 5) is 16.2. The molecule has 6 heteroatoms. The molecule has 0 aliphatic rings. The van der Waals surface area contributed by atoms with Crippen molar-refractivity contribution >= 4 is 23.2 Å². The van der Waals surface area contributed by atoms with Crippen LogP contribution in [-0.2, 0) is 6.54 Å². The Kier molecular flexibility index (Phi) is 3.66. The van der Waals surface area contributed by atoms with Crippen molar-refractivity contribution in [3.8, 4) is 0 Å². The zero-order chi connectivity index (χ0) is 12.1. The van der Waals surface area contributed by atoms with Gasteiger partial charge in [0, 0.05) is 4.88 Å². The molecule has 2 aromatic heterocycles. The first-order valence-electron chi connectivity index (χ1n) is 4.93. The van der Waals surface area contributed by atoms with E-state index in [0.717, 1.165) is 11.1 Å². The van der Waals surface area contributed by atoms with Gasteiger partial charge in [0.15, 0.2) is 0 Å². The standard InChI is InChI=1S/C11H10FN3OS/c12-8-3-4-10(13-6-8)15-11(16)14-7-9-2-1-5-17-9/h1-6H,7H2,(H2,13,14,15,16). The molecule has 0 saturated carbocycles. The van der Waals surface area contributed by atoms with E-state index >= 15 is 0 Å². The number of amides is 2. The number of hydrogen-bond donors (Lipinski definition) is 2. The Morgan fingerprint density at radius 2 is 2.29 bits per heavy atom. The van der Waals surface area contributed by atoms with Crippen molar-refractivity contribution in [2.24, 2.45) is 0 Å². The first-order chi connectivity index (χ1) is 8.24. The van der Waals surface area contributed by atoms with E-state index in [2.05, 4.69) is 15.6 Å². The number of nitrogens with one attached hydrogen (secondary N) is 2. The Morgan fingerprint density at radius 1 is 1.41 bits per heavy atom. The number of aromatic nitrogens is 1. The number of carbonyl (C=O) groups is 1. The Hall–Kier alpha value is -1.95. The highest BCUT2D eigenvalue weighted by atomic mass is 32.1. The summed E-state index contributed by atoms with van der Waals surface area (Å²) in [6.07, 6.45) is 1.05. The molecule has 4 nitrogen and oxygen atoms in total. The summed E-state index contributed by atoms with van der Waals surface area (Å²) in [7, 11) is 0. The molecular formula is C11H10FN3OS. The lowest BCUT2D eigenvalue weighted by Gasteiger charge is -2.05. The number of urea groups is 1. The summed E-state index contributed by atoms with van der Waals surface area (Å²) in [6.45, 7) is 0.463. The zero-order valence-corrected chi connectivity index (χ0v) is 9.63. The number of pyridine rings is 1. The molecule has 0 fully saturated rings. The van der Waals surface area contributed by atoms with Crippen molar-refractivity contribution in [1.29, 1.82) is 0 Å². The lowest BCUT2D eigenvalue weighted by Crippen LogP contribution is -2.28. The van der Waals surface area contributed by atoms with Crippen molar-refractivity contribution in [1.82, 2.24) is 10.3 Å². The lowest BCUT2D eigenvalue weighted by atomic mass is 10.4. The largest absolute Gasteiger partial charge is 0.333 e. The summed E-state index contributed by atoms with van der Waals surface area (Å²) in [6, 6.07) is 6.13. The maximum absolute atomic E-state index is 12.6. The van der Waals surface area contributed by atoms with Crippen LogP contribution in [0.1, 0.15) is 4.88 Å². The molecule has 2 heterocycles.